The first-order chi connectivity index (χ1) is 8.99. The number of carbonyl (C=O) groups is 1. The molecule has 0 spiro atoms. The number of hydrogen-bond acceptors (Lipinski definition) is 3. The summed E-state index contributed by atoms with van der Waals surface area (Å²) in [5.41, 5.74) is 3.40. The van der Waals surface area contributed by atoms with Crippen molar-refractivity contribution in [3.8, 4) is 0 Å². The third kappa shape index (κ3) is 3.07. The van der Waals surface area contributed by atoms with Gasteiger partial charge in [0.05, 0.1) is 16.3 Å². The molecule has 0 fully saturated rings. The van der Waals surface area contributed by atoms with Crippen LogP contribution in [0.1, 0.15) is 11.1 Å². The summed E-state index contributed by atoms with van der Waals surface area (Å²) in [7, 11) is 3.54. The third-order valence-electron chi connectivity index (χ3n) is 3.07. The highest BCUT2D eigenvalue weighted by molar-refractivity contribution is 7.99. The molecule has 0 aliphatic heterocycles. The molecule has 0 bridgehead atoms. The number of aromatic nitrogens is 1. The maximum absolute atomic E-state index is 11.6. The van der Waals surface area contributed by atoms with Crippen molar-refractivity contribution >= 4 is 28.6 Å². The minimum absolute atomic E-state index is 0.106. The molecule has 2 aromatic rings. The van der Waals surface area contributed by atoms with Crippen molar-refractivity contribution in [3.63, 3.8) is 0 Å². The van der Waals surface area contributed by atoms with E-state index in [0.717, 1.165) is 10.5 Å². The first kappa shape index (κ1) is 13.9. The Bertz CT molecular complexity index is 623. The van der Waals surface area contributed by atoms with Crippen molar-refractivity contribution < 1.29 is 4.79 Å². The molecular weight excluding hydrogens is 256 g/mol. The van der Waals surface area contributed by atoms with Gasteiger partial charge in [0.2, 0.25) is 5.91 Å². The molecule has 19 heavy (non-hydrogen) atoms. The smallest absolute Gasteiger partial charge is 0.232 e. The van der Waals surface area contributed by atoms with Crippen molar-refractivity contribution in [2.75, 3.05) is 19.8 Å². The van der Waals surface area contributed by atoms with Crippen LogP contribution in [0.3, 0.4) is 0 Å². The van der Waals surface area contributed by atoms with Gasteiger partial charge in [-0.05, 0) is 31.0 Å². The maximum Gasteiger partial charge on any atom is 0.232 e. The number of fused-ring (bicyclic) bond motifs is 1. The SMILES string of the molecule is Cc1cc(SCC(=O)N(C)C)nc2c(C)cccc12. The zero-order valence-electron chi connectivity index (χ0n) is 11.7. The lowest BCUT2D eigenvalue weighted by Crippen LogP contribution is -2.23. The largest absolute Gasteiger partial charge is 0.348 e. The van der Waals surface area contributed by atoms with E-state index in [2.05, 4.69) is 43.1 Å². The lowest BCUT2D eigenvalue weighted by molar-refractivity contribution is -0.125. The van der Waals surface area contributed by atoms with Crippen molar-refractivity contribution in [1.82, 2.24) is 9.88 Å². The van der Waals surface area contributed by atoms with Gasteiger partial charge in [0.15, 0.2) is 0 Å². The number of thioether (sulfide) groups is 1. The Kier molecular flexibility index (Phi) is 4.10. The standard InChI is InChI=1S/C15H18N2OS/c1-10-6-5-7-12-11(2)8-13(16-15(10)12)19-9-14(18)17(3)4/h5-8H,9H2,1-4H3. The highest BCUT2D eigenvalue weighted by atomic mass is 32.2. The minimum atomic E-state index is 0.106. The monoisotopic (exact) mass is 274 g/mol. The molecular formula is C15H18N2OS. The lowest BCUT2D eigenvalue weighted by atomic mass is 10.1. The lowest BCUT2D eigenvalue weighted by Gasteiger charge is -2.11. The van der Waals surface area contributed by atoms with Gasteiger partial charge in [0.25, 0.3) is 0 Å². The molecule has 4 heteroatoms. The summed E-state index contributed by atoms with van der Waals surface area (Å²) in [4.78, 5) is 17.9. The normalized spacial score (nSPS) is 10.7. The van der Waals surface area contributed by atoms with Crippen molar-refractivity contribution in [1.29, 1.82) is 0 Å². The van der Waals surface area contributed by atoms with E-state index in [9.17, 15) is 4.79 Å². The topological polar surface area (TPSA) is 33.2 Å². The zero-order chi connectivity index (χ0) is 14.0. The van der Waals surface area contributed by atoms with Crippen LogP contribution in [0, 0.1) is 13.8 Å². The maximum atomic E-state index is 11.6. The van der Waals surface area contributed by atoms with Crippen LogP contribution in [-0.4, -0.2) is 35.6 Å². The number of rotatable bonds is 3. The summed E-state index contributed by atoms with van der Waals surface area (Å²) in [5, 5.41) is 2.10. The number of hydrogen-bond donors (Lipinski definition) is 0. The van der Waals surface area contributed by atoms with Gasteiger partial charge in [-0.25, -0.2) is 4.98 Å². The number of benzene rings is 1. The van der Waals surface area contributed by atoms with Gasteiger partial charge in [-0.3, -0.25) is 4.79 Å². The number of para-hydroxylation sites is 1. The third-order valence-corrected chi connectivity index (χ3v) is 3.96. The molecule has 0 atom stereocenters. The van der Waals surface area contributed by atoms with Gasteiger partial charge in [-0.1, -0.05) is 30.0 Å². The highest BCUT2D eigenvalue weighted by Crippen LogP contribution is 2.25. The molecule has 0 saturated carbocycles. The van der Waals surface area contributed by atoms with Crippen LogP contribution in [0.5, 0.6) is 0 Å². The first-order valence-corrected chi connectivity index (χ1v) is 7.17. The molecule has 1 aromatic carbocycles. The second-order valence-corrected chi connectivity index (χ2v) is 5.82. The quantitative estimate of drug-likeness (QED) is 0.807. The molecule has 1 amide bonds. The summed E-state index contributed by atoms with van der Waals surface area (Å²) in [6, 6.07) is 8.25. The summed E-state index contributed by atoms with van der Waals surface area (Å²) in [5.74, 6) is 0.533. The Morgan fingerprint density at radius 2 is 2.00 bits per heavy atom. The Balaban J connectivity index is 2.30. The number of carbonyl (C=O) groups excluding carboxylic acids is 1. The molecule has 0 N–H and O–H groups in total. The van der Waals surface area contributed by atoms with E-state index in [4.69, 9.17) is 0 Å². The summed E-state index contributed by atoms with van der Waals surface area (Å²) < 4.78 is 0. The predicted molar refractivity (Wildman–Crippen MR) is 80.6 cm³/mol. The van der Waals surface area contributed by atoms with E-state index in [1.165, 1.54) is 28.3 Å². The first-order valence-electron chi connectivity index (χ1n) is 6.19. The minimum Gasteiger partial charge on any atom is -0.348 e. The average Bonchev–Trinajstić information content (AvgIpc) is 2.37. The van der Waals surface area contributed by atoms with E-state index in [1.807, 2.05) is 0 Å². The Morgan fingerprint density at radius 3 is 2.68 bits per heavy atom. The molecule has 3 nitrogen and oxygen atoms in total. The van der Waals surface area contributed by atoms with Crippen molar-refractivity contribution in [2.24, 2.45) is 0 Å². The summed E-state index contributed by atoms with van der Waals surface area (Å²) >= 11 is 1.49. The molecule has 1 aromatic heterocycles. The molecule has 1 heterocycles. The Labute approximate surface area is 118 Å². The molecule has 100 valence electrons. The zero-order valence-corrected chi connectivity index (χ0v) is 12.5. The van der Waals surface area contributed by atoms with E-state index in [1.54, 1.807) is 19.0 Å². The van der Waals surface area contributed by atoms with Gasteiger partial charge in [-0.15, -0.1) is 0 Å². The number of amides is 1. The summed E-state index contributed by atoms with van der Waals surface area (Å²) in [6.45, 7) is 4.15. The Morgan fingerprint density at radius 1 is 1.26 bits per heavy atom. The Hall–Kier alpha value is -1.55. The highest BCUT2D eigenvalue weighted by Gasteiger charge is 2.08. The number of nitrogens with zero attached hydrogens (tertiary/aromatic N) is 2. The fraction of sp³-hybridized carbons (Fsp3) is 0.333. The fourth-order valence-corrected chi connectivity index (χ4v) is 2.82. The van der Waals surface area contributed by atoms with Crippen molar-refractivity contribution in [3.05, 3.63) is 35.4 Å². The van der Waals surface area contributed by atoms with Crippen LogP contribution < -0.4 is 0 Å². The molecule has 0 radical (unpaired) electrons. The molecule has 0 aliphatic carbocycles. The van der Waals surface area contributed by atoms with Gasteiger partial charge in [-0.2, -0.15) is 0 Å². The van der Waals surface area contributed by atoms with Crippen molar-refractivity contribution in [2.45, 2.75) is 18.9 Å². The predicted octanol–water partition coefficient (Wildman–Crippen LogP) is 3.03. The second kappa shape index (κ2) is 5.61. The average molecular weight is 274 g/mol. The molecule has 0 unspecified atom stereocenters. The fourth-order valence-electron chi connectivity index (χ4n) is 1.87. The van der Waals surface area contributed by atoms with Crippen LogP contribution in [0.15, 0.2) is 29.3 Å². The molecule has 0 saturated heterocycles. The second-order valence-electron chi connectivity index (χ2n) is 4.83. The van der Waals surface area contributed by atoms with E-state index in [0.29, 0.717) is 5.75 Å². The van der Waals surface area contributed by atoms with E-state index in [-0.39, 0.29) is 5.91 Å². The van der Waals surface area contributed by atoms with Crippen LogP contribution in [-0.2, 0) is 4.79 Å². The van der Waals surface area contributed by atoms with Gasteiger partial charge < -0.3 is 4.90 Å². The van der Waals surface area contributed by atoms with E-state index < -0.39 is 0 Å². The molecule has 0 aliphatic rings. The summed E-state index contributed by atoms with van der Waals surface area (Å²) in [6.07, 6.45) is 0. The number of aryl methyl sites for hydroxylation is 2. The van der Waals surface area contributed by atoms with Crippen LogP contribution in [0.25, 0.3) is 10.9 Å². The number of pyridine rings is 1. The van der Waals surface area contributed by atoms with E-state index >= 15 is 0 Å². The van der Waals surface area contributed by atoms with Gasteiger partial charge in [0, 0.05) is 19.5 Å². The molecule has 2 rings (SSSR count). The van der Waals surface area contributed by atoms with Crippen LogP contribution in [0.4, 0.5) is 0 Å². The van der Waals surface area contributed by atoms with Gasteiger partial charge in [0.1, 0.15) is 0 Å². The van der Waals surface area contributed by atoms with Gasteiger partial charge >= 0.3 is 0 Å². The van der Waals surface area contributed by atoms with Crippen LogP contribution in [0.2, 0.25) is 0 Å². The van der Waals surface area contributed by atoms with Crippen LogP contribution >= 0.6 is 11.8 Å².